The van der Waals surface area contributed by atoms with E-state index >= 15 is 0 Å². The minimum Gasteiger partial charge on any atom is -0.367 e. The fraction of sp³-hybridized carbons (Fsp3) is 0.500. The van der Waals surface area contributed by atoms with E-state index in [4.69, 9.17) is 10.5 Å². The van der Waals surface area contributed by atoms with E-state index in [0.717, 1.165) is 6.92 Å². The van der Waals surface area contributed by atoms with Crippen LogP contribution in [0.1, 0.15) is 13.3 Å². The summed E-state index contributed by atoms with van der Waals surface area (Å²) in [6, 6.07) is 0. The van der Waals surface area contributed by atoms with Crippen molar-refractivity contribution in [2.45, 2.75) is 31.2 Å². The molecule has 1 aliphatic carbocycles. The molecule has 0 spiro atoms. The van der Waals surface area contributed by atoms with Crippen LogP contribution in [-0.4, -0.2) is 23.8 Å². The largest absolute Gasteiger partial charge is 0.414 e. The molecule has 0 aromatic rings. The zero-order valence-corrected chi connectivity index (χ0v) is 8.62. The topological polar surface area (TPSA) is 52.3 Å². The third-order valence-electron chi connectivity index (χ3n) is 2.30. The summed E-state index contributed by atoms with van der Waals surface area (Å²) in [7, 11) is 0. The van der Waals surface area contributed by atoms with Gasteiger partial charge in [-0.25, -0.2) is 0 Å². The van der Waals surface area contributed by atoms with Crippen molar-refractivity contribution < 1.29 is 22.7 Å². The van der Waals surface area contributed by atoms with Crippen LogP contribution in [0, 0.1) is 0 Å². The highest BCUT2D eigenvalue weighted by molar-refractivity contribution is 5.86. The third-order valence-corrected chi connectivity index (χ3v) is 2.30. The molecule has 90 valence electrons. The van der Waals surface area contributed by atoms with Gasteiger partial charge in [0.1, 0.15) is 0 Å². The second-order valence-corrected chi connectivity index (χ2v) is 3.55. The van der Waals surface area contributed by atoms with Crippen molar-refractivity contribution in [2.24, 2.45) is 5.73 Å². The Kier molecular flexibility index (Phi) is 3.42. The summed E-state index contributed by atoms with van der Waals surface area (Å²) in [4.78, 5) is 11.2. The van der Waals surface area contributed by atoms with E-state index in [2.05, 4.69) is 0 Å². The average Bonchev–Trinajstić information content (AvgIpc) is 2.17. The van der Waals surface area contributed by atoms with Crippen molar-refractivity contribution in [2.75, 3.05) is 0 Å². The number of primary amides is 1. The van der Waals surface area contributed by atoms with Gasteiger partial charge < -0.3 is 10.5 Å². The van der Waals surface area contributed by atoms with Gasteiger partial charge in [-0.05, 0) is 13.0 Å². The third kappa shape index (κ3) is 2.63. The molecule has 1 amide bonds. The standard InChI is InChI=1S/C10H12F3NO2/c1-7(10(11,12)13)16-9(8(14)15)5-3-2-4-6-9/h2-5,7H,6H2,1H3,(H2,14,15). The number of carbonyl (C=O) groups is 1. The Labute approximate surface area is 90.8 Å². The molecule has 3 nitrogen and oxygen atoms in total. The van der Waals surface area contributed by atoms with Crippen LogP contribution in [0.15, 0.2) is 24.3 Å². The molecule has 0 aromatic heterocycles. The van der Waals surface area contributed by atoms with Crippen molar-refractivity contribution in [3.63, 3.8) is 0 Å². The SMILES string of the molecule is CC(OC1(C(N)=O)C=CC=CC1)C(F)(F)F. The number of allylic oxidation sites excluding steroid dienone is 2. The fourth-order valence-corrected chi connectivity index (χ4v) is 1.31. The van der Waals surface area contributed by atoms with E-state index in [0.29, 0.717) is 0 Å². The van der Waals surface area contributed by atoms with Gasteiger partial charge in [0.2, 0.25) is 0 Å². The minimum absolute atomic E-state index is 0.0131. The van der Waals surface area contributed by atoms with Crippen molar-refractivity contribution in [1.29, 1.82) is 0 Å². The fourth-order valence-electron chi connectivity index (χ4n) is 1.31. The van der Waals surface area contributed by atoms with E-state index in [1.54, 1.807) is 6.08 Å². The Morgan fingerprint density at radius 1 is 1.50 bits per heavy atom. The highest BCUT2D eigenvalue weighted by Crippen LogP contribution is 2.30. The number of amides is 1. The number of hydrogen-bond donors (Lipinski definition) is 1. The van der Waals surface area contributed by atoms with E-state index < -0.39 is 23.8 Å². The molecule has 1 aliphatic rings. The molecule has 0 bridgehead atoms. The monoisotopic (exact) mass is 235 g/mol. The number of carbonyl (C=O) groups excluding carboxylic acids is 1. The number of halogens is 3. The van der Waals surface area contributed by atoms with Crippen molar-refractivity contribution in [3.05, 3.63) is 24.3 Å². The molecule has 2 unspecified atom stereocenters. The molecular formula is C10H12F3NO2. The Bertz CT molecular complexity index is 335. The number of ether oxygens (including phenoxy) is 1. The molecule has 6 heteroatoms. The Hall–Kier alpha value is -1.30. The summed E-state index contributed by atoms with van der Waals surface area (Å²) >= 11 is 0. The van der Waals surface area contributed by atoms with Gasteiger partial charge in [-0.1, -0.05) is 18.2 Å². The van der Waals surface area contributed by atoms with Crippen LogP contribution >= 0.6 is 0 Å². The van der Waals surface area contributed by atoms with Gasteiger partial charge in [-0.2, -0.15) is 13.2 Å². The predicted molar refractivity (Wildman–Crippen MR) is 51.4 cm³/mol. The van der Waals surface area contributed by atoms with Gasteiger partial charge in [-0.15, -0.1) is 0 Å². The van der Waals surface area contributed by atoms with E-state index in [-0.39, 0.29) is 6.42 Å². The number of rotatable bonds is 3. The zero-order valence-electron chi connectivity index (χ0n) is 8.62. The second kappa shape index (κ2) is 4.29. The van der Waals surface area contributed by atoms with Crippen LogP contribution in [0.25, 0.3) is 0 Å². The van der Waals surface area contributed by atoms with Crippen molar-refractivity contribution >= 4 is 5.91 Å². The Morgan fingerprint density at radius 2 is 2.12 bits per heavy atom. The molecule has 0 fully saturated rings. The van der Waals surface area contributed by atoms with Gasteiger partial charge in [0.25, 0.3) is 5.91 Å². The molecule has 0 aliphatic heterocycles. The maximum Gasteiger partial charge on any atom is 0.414 e. The molecule has 0 radical (unpaired) electrons. The van der Waals surface area contributed by atoms with Crippen LogP contribution in [0.2, 0.25) is 0 Å². The second-order valence-electron chi connectivity index (χ2n) is 3.55. The Morgan fingerprint density at radius 3 is 2.50 bits per heavy atom. The number of nitrogens with two attached hydrogens (primary N) is 1. The lowest BCUT2D eigenvalue weighted by atomic mass is 9.94. The summed E-state index contributed by atoms with van der Waals surface area (Å²) in [5.41, 5.74) is 3.39. The molecule has 0 saturated carbocycles. The molecular weight excluding hydrogens is 223 g/mol. The average molecular weight is 235 g/mol. The van der Waals surface area contributed by atoms with Crippen LogP contribution < -0.4 is 5.73 Å². The quantitative estimate of drug-likeness (QED) is 0.809. The van der Waals surface area contributed by atoms with Crippen molar-refractivity contribution in [1.82, 2.24) is 0 Å². The molecule has 1 rings (SSSR count). The molecule has 2 atom stereocenters. The minimum atomic E-state index is -4.52. The molecule has 2 N–H and O–H groups in total. The summed E-state index contributed by atoms with van der Waals surface area (Å²) in [5.74, 6) is -0.927. The molecule has 0 heterocycles. The van der Waals surface area contributed by atoms with Gasteiger partial charge in [0, 0.05) is 6.42 Å². The predicted octanol–water partition coefficient (Wildman–Crippen LogP) is 1.69. The lowest BCUT2D eigenvalue weighted by Gasteiger charge is -2.31. The van der Waals surface area contributed by atoms with Gasteiger partial charge in [0.05, 0.1) is 0 Å². The smallest absolute Gasteiger partial charge is 0.367 e. The summed E-state index contributed by atoms with van der Waals surface area (Å²) in [5, 5.41) is 0. The van der Waals surface area contributed by atoms with Gasteiger partial charge in [0.15, 0.2) is 11.7 Å². The maximum atomic E-state index is 12.3. The van der Waals surface area contributed by atoms with Crippen LogP contribution in [0.5, 0.6) is 0 Å². The number of hydrogen-bond acceptors (Lipinski definition) is 2. The first-order valence-electron chi connectivity index (χ1n) is 4.67. The lowest BCUT2D eigenvalue weighted by molar-refractivity contribution is -0.236. The zero-order chi connectivity index (χ0) is 12.4. The van der Waals surface area contributed by atoms with Crippen LogP contribution in [-0.2, 0) is 9.53 Å². The molecule has 0 saturated heterocycles. The van der Waals surface area contributed by atoms with E-state index in [1.807, 2.05) is 0 Å². The van der Waals surface area contributed by atoms with E-state index in [1.165, 1.54) is 18.2 Å². The van der Waals surface area contributed by atoms with Crippen molar-refractivity contribution in [3.8, 4) is 0 Å². The first-order valence-corrected chi connectivity index (χ1v) is 4.67. The van der Waals surface area contributed by atoms with E-state index in [9.17, 15) is 18.0 Å². The molecule has 16 heavy (non-hydrogen) atoms. The normalized spacial score (nSPS) is 26.8. The summed E-state index contributed by atoms with van der Waals surface area (Å²) < 4.78 is 41.7. The Balaban J connectivity index is 2.85. The number of alkyl halides is 3. The van der Waals surface area contributed by atoms with Crippen LogP contribution in [0.3, 0.4) is 0 Å². The van der Waals surface area contributed by atoms with Gasteiger partial charge >= 0.3 is 6.18 Å². The highest BCUT2D eigenvalue weighted by Gasteiger charge is 2.45. The summed E-state index contributed by atoms with van der Waals surface area (Å²) in [6.07, 6.45) is -0.710. The lowest BCUT2D eigenvalue weighted by Crippen LogP contribution is -2.49. The van der Waals surface area contributed by atoms with Crippen LogP contribution in [0.4, 0.5) is 13.2 Å². The summed E-state index contributed by atoms with van der Waals surface area (Å²) in [6.45, 7) is 0.844. The maximum absolute atomic E-state index is 12.3. The van der Waals surface area contributed by atoms with Gasteiger partial charge in [-0.3, -0.25) is 4.79 Å². The first kappa shape index (κ1) is 12.8. The first-order chi connectivity index (χ1) is 7.28. The molecule has 0 aromatic carbocycles. The highest BCUT2D eigenvalue weighted by atomic mass is 19.4.